The number of thiol groups is 1. The summed E-state index contributed by atoms with van der Waals surface area (Å²) in [6.45, 7) is 6.53. The number of hydrogen-bond acceptors (Lipinski definition) is 3. The zero-order chi connectivity index (χ0) is 21.3. The van der Waals surface area contributed by atoms with Gasteiger partial charge in [-0.1, -0.05) is 80.9 Å². The van der Waals surface area contributed by atoms with Gasteiger partial charge in [-0.05, 0) is 48.8 Å². The summed E-state index contributed by atoms with van der Waals surface area (Å²) in [5.41, 5.74) is 2.33. The zero-order valence-corrected chi connectivity index (χ0v) is 19.2. The van der Waals surface area contributed by atoms with Crippen molar-refractivity contribution in [1.29, 1.82) is 0 Å². The first kappa shape index (κ1) is 22.9. The first-order valence-corrected chi connectivity index (χ1v) is 11.9. The van der Waals surface area contributed by atoms with Crippen molar-refractivity contribution in [3.63, 3.8) is 0 Å². The average Bonchev–Trinajstić information content (AvgIpc) is 3.19. The molecule has 2 aromatic carbocycles. The molecule has 4 atom stereocenters. The fourth-order valence-corrected chi connectivity index (χ4v) is 4.76. The van der Waals surface area contributed by atoms with E-state index in [9.17, 15) is 4.79 Å². The van der Waals surface area contributed by atoms with E-state index < -0.39 is 0 Å². The van der Waals surface area contributed by atoms with Gasteiger partial charge in [0.25, 0.3) is 0 Å². The molecule has 2 aromatic rings. The molecule has 1 N–H and O–H groups in total. The van der Waals surface area contributed by atoms with E-state index in [4.69, 9.17) is 0 Å². The number of amides is 1. The molecule has 0 bridgehead atoms. The van der Waals surface area contributed by atoms with Crippen LogP contribution in [0.3, 0.4) is 0 Å². The van der Waals surface area contributed by atoms with Gasteiger partial charge in [0, 0.05) is 18.3 Å². The molecule has 3 unspecified atom stereocenters. The smallest absolute Gasteiger partial charge is 0.240 e. The number of benzene rings is 2. The molecule has 0 spiro atoms. The number of hydrogen-bond donors (Lipinski definition) is 2. The first-order chi connectivity index (χ1) is 14.6. The molecule has 1 aliphatic carbocycles. The molecule has 1 saturated carbocycles. The highest BCUT2D eigenvalue weighted by Gasteiger charge is 2.30. The molecule has 1 aliphatic rings. The maximum absolute atomic E-state index is 13.8. The Hall–Kier alpha value is -1.78. The largest absolute Gasteiger partial charge is 0.333 e. The van der Waals surface area contributed by atoms with Crippen LogP contribution >= 0.6 is 12.6 Å². The minimum absolute atomic E-state index is 0.151. The van der Waals surface area contributed by atoms with Gasteiger partial charge in [0.05, 0.1) is 6.04 Å². The van der Waals surface area contributed by atoms with Crippen molar-refractivity contribution in [2.75, 3.05) is 6.54 Å². The van der Waals surface area contributed by atoms with E-state index in [1.165, 1.54) is 24.0 Å². The van der Waals surface area contributed by atoms with Crippen LogP contribution in [0, 0.1) is 11.8 Å². The Labute approximate surface area is 187 Å². The molecule has 1 amide bonds. The van der Waals surface area contributed by atoms with Crippen molar-refractivity contribution < 1.29 is 4.79 Å². The van der Waals surface area contributed by atoms with Crippen molar-refractivity contribution in [2.45, 2.75) is 63.9 Å². The highest BCUT2D eigenvalue weighted by atomic mass is 32.1. The van der Waals surface area contributed by atoms with Crippen molar-refractivity contribution >= 4 is 18.5 Å². The van der Waals surface area contributed by atoms with Gasteiger partial charge >= 0.3 is 0 Å². The predicted molar refractivity (Wildman–Crippen MR) is 128 cm³/mol. The lowest BCUT2D eigenvalue weighted by atomic mass is 9.96. The van der Waals surface area contributed by atoms with Crippen molar-refractivity contribution in [3.8, 4) is 0 Å². The second-order valence-electron chi connectivity index (χ2n) is 8.77. The molecule has 0 saturated heterocycles. The van der Waals surface area contributed by atoms with Gasteiger partial charge in [-0.2, -0.15) is 12.6 Å². The van der Waals surface area contributed by atoms with E-state index >= 15 is 0 Å². The number of nitrogens with one attached hydrogen (secondary N) is 1. The summed E-state index contributed by atoms with van der Waals surface area (Å²) in [5, 5.41) is 4.18. The molecule has 4 heteroatoms. The predicted octanol–water partition coefficient (Wildman–Crippen LogP) is 5.32. The molecule has 3 rings (SSSR count). The second-order valence-corrected chi connectivity index (χ2v) is 9.50. The fourth-order valence-electron chi connectivity index (χ4n) is 4.31. The molecule has 30 heavy (non-hydrogen) atoms. The summed E-state index contributed by atoms with van der Waals surface area (Å²) in [6, 6.07) is 20.4. The first-order valence-electron chi connectivity index (χ1n) is 11.3. The molecule has 0 aliphatic heterocycles. The quantitative estimate of drug-likeness (QED) is 0.506. The molecular formula is C26H36N2OS. The van der Waals surface area contributed by atoms with Crippen LogP contribution in [0.25, 0.3) is 0 Å². The molecule has 162 valence electrons. The summed E-state index contributed by atoms with van der Waals surface area (Å²) in [6.07, 6.45) is 4.52. The Kier molecular flexibility index (Phi) is 8.83. The minimum atomic E-state index is -0.151. The Balaban J connectivity index is 1.75. The summed E-state index contributed by atoms with van der Waals surface area (Å²) in [5.74, 6) is 1.13. The number of rotatable bonds is 10. The number of nitrogens with zero attached hydrogens (tertiary/aromatic N) is 1. The van der Waals surface area contributed by atoms with Crippen LogP contribution in [0.5, 0.6) is 0 Å². The Morgan fingerprint density at radius 1 is 1.03 bits per heavy atom. The van der Waals surface area contributed by atoms with E-state index in [2.05, 4.69) is 56.1 Å². The lowest BCUT2D eigenvalue weighted by Crippen LogP contribution is -2.50. The highest BCUT2D eigenvalue weighted by molar-refractivity contribution is 7.80. The van der Waals surface area contributed by atoms with Gasteiger partial charge in [0.1, 0.15) is 0 Å². The lowest BCUT2D eigenvalue weighted by Gasteiger charge is -2.32. The van der Waals surface area contributed by atoms with E-state index in [1.807, 2.05) is 41.3 Å². The number of carbonyl (C=O) groups excluding carboxylic acids is 1. The van der Waals surface area contributed by atoms with E-state index in [0.717, 1.165) is 19.4 Å². The van der Waals surface area contributed by atoms with Crippen LogP contribution in [-0.2, 0) is 17.9 Å². The van der Waals surface area contributed by atoms with Gasteiger partial charge < -0.3 is 10.2 Å². The molecular weight excluding hydrogens is 388 g/mol. The van der Waals surface area contributed by atoms with Crippen molar-refractivity contribution in [3.05, 3.63) is 71.8 Å². The molecule has 0 heterocycles. The van der Waals surface area contributed by atoms with E-state index in [1.54, 1.807) is 0 Å². The SMILES string of the molecule is CCC(C)[C@H](NCC1CCC(S)C1)C(=O)N(Cc1ccccc1)Cc1ccccc1. The van der Waals surface area contributed by atoms with Crippen LogP contribution < -0.4 is 5.32 Å². The third-order valence-electron chi connectivity index (χ3n) is 6.36. The fraction of sp³-hybridized carbons (Fsp3) is 0.500. The Morgan fingerprint density at radius 3 is 2.07 bits per heavy atom. The van der Waals surface area contributed by atoms with Gasteiger partial charge in [-0.3, -0.25) is 4.79 Å². The van der Waals surface area contributed by atoms with Gasteiger partial charge in [-0.25, -0.2) is 0 Å². The molecule has 1 fully saturated rings. The van der Waals surface area contributed by atoms with Crippen LogP contribution in [0.1, 0.15) is 50.7 Å². The maximum Gasteiger partial charge on any atom is 0.240 e. The molecule has 0 radical (unpaired) electrons. The Bertz CT molecular complexity index is 726. The third-order valence-corrected chi connectivity index (χ3v) is 6.83. The molecule has 0 aromatic heterocycles. The van der Waals surface area contributed by atoms with Gasteiger partial charge in [0.2, 0.25) is 5.91 Å². The second kappa shape index (κ2) is 11.6. The Morgan fingerprint density at radius 2 is 1.60 bits per heavy atom. The third kappa shape index (κ3) is 6.61. The van der Waals surface area contributed by atoms with Crippen LogP contribution in [0.4, 0.5) is 0 Å². The number of carbonyl (C=O) groups is 1. The monoisotopic (exact) mass is 424 g/mol. The molecule has 3 nitrogen and oxygen atoms in total. The van der Waals surface area contributed by atoms with Crippen molar-refractivity contribution in [1.82, 2.24) is 10.2 Å². The highest BCUT2D eigenvalue weighted by Crippen LogP contribution is 2.29. The van der Waals surface area contributed by atoms with Crippen LogP contribution in [-0.4, -0.2) is 28.6 Å². The van der Waals surface area contributed by atoms with E-state index in [-0.39, 0.29) is 11.9 Å². The maximum atomic E-state index is 13.8. The van der Waals surface area contributed by atoms with Crippen LogP contribution in [0.2, 0.25) is 0 Å². The summed E-state index contributed by atoms with van der Waals surface area (Å²) in [7, 11) is 0. The standard InChI is InChI=1S/C26H36N2OS/c1-3-20(2)25(27-17-23-14-15-24(30)16-23)26(29)28(18-21-10-6-4-7-11-21)19-22-12-8-5-9-13-22/h4-13,20,23-25,27,30H,3,14-19H2,1-2H3/t20?,23?,24?,25-/m0/s1. The van der Waals surface area contributed by atoms with E-state index in [0.29, 0.717) is 30.2 Å². The van der Waals surface area contributed by atoms with Crippen molar-refractivity contribution in [2.24, 2.45) is 11.8 Å². The summed E-state index contributed by atoms with van der Waals surface area (Å²) in [4.78, 5) is 15.8. The topological polar surface area (TPSA) is 32.3 Å². The normalized spacial score (nSPS) is 20.6. The lowest BCUT2D eigenvalue weighted by molar-refractivity contribution is -0.136. The minimum Gasteiger partial charge on any atom is -0.333 e. The average molecular weight is 425 g/mol. The zero-order valence-electron chi connectivity index (χ0n) is 18.3. The van der Waals surface area contributed by atoms with Gasteiger partial charge in [-0.15, -0.1) is 0 Å². The summed E-state index contributed by atoms with van der Waals surface area (Å²) < 4.78 is 0. The summed E-state index contributed by atoms with van der Waals surface area (Å²) >= 11 is 4.64. The van der Waals surface area contributed by atoms with Crippen LogP contribution in [0.15, 0.2) is 60.7 Å². The van der Waals surface area contributed by atoms with Gasteiger partial charge in [0.15, 0.2) is 0 Å².